The normalized spacial score (nSPS) is 16.1. The summed E-state index contributed by atoms with van der Waals surface area (Å²) >= 11 is 8.40. The van der Waals surface area contributed by atoms with Crippen LogP contribution in [-0.2, 0) is 10.2 Å². The molecule has 30 heavy (non-hydrogen) atoms. The smallest absolute Gasteiger partial charge is 0.301 e. The lowest BCUT2D eigenvalue weighted by Crippen LogP contribution is -2.48. The molecule has 2 aromatic carbocycles. The van der Waals surface area contributed by atoms with E-state index < -0.39 is 16.0 Å². The molecule has 0 aliphatic carbocycles. The zero-order valence-corrected chi connectivity index (χ0v) is 20.5. The number of benzene rings is 2. The molecule has 2 aromatic rings. The van der Waals surface area contributed by atoms with Gasteiger partial charge in [0, 0.05) is 28.7 Å². The fraction of sp³-hybridized carbons (Fsp3) is 0.400. The van der Waals surface area contributed by atoms with Gasteiger partial charge >= 0.3 is 10.2 Å². The Morgan fingerprint density at radius 3 is 2.40 bits per heavy atom. The molecule has 1 fully saturated rings. The molecule has 1 saturated heterocycles. The standard InChI is InChI=1S/C20H25ClFIN4O2S/c1-13(2)24-16-7-9-27(10-8-16)30(28,29)26-19-5-3-14(22)11-20(19)25-18-6-4-15(23)12-17(18)21/h3-6,11-13,16,24-26H,7-10H2,1-2H3. The van der Waals surface area contributed by atoms with Crippen LogP contribution in [0.2, 0.25) is 5.02 Å². The van der Waals surface area contributed by atoms with Crippen LogP contribution in [0.1, 0.15) is 26.7 Å². The van der Waals surface area contributed by atoms with Crippen molar-refractivity contribution in [3.8, 4) is 0 Å². The van der Waals surface area contributed by atoms with E-state index in [0.717, 1.165) is 16.4 Å². The first kappa shape index (κ1) is 23.5. The number of nitrogens with zero attached hydrogens (tertiary/aromatic N) is 1. The SMILES string of the molecule is CC(C)NC1CCN(S(=O)(=O)Nc2ccc(F)cc2Nc2ccc(I)cc2Cl)CC1. The second-order valence-electron chi connectivity index (χ2n) is 7.54. The molecule has 0 saturated carbocycles. The van der Waals surface area contributed by atoms with E-state index in [1.54, 1.807) is 12.1 Å². The van der Waals surface area contributed by atoms with E-state index >= 15 is 0 Å². The van der Waals surface area contributed by atoms with E-state index in [4.69, 9.17) is 11.6 Å². The van der Waals surface area contributed by atoms with Crippen LogP contribution in [0.15, 0.2) is 36.4 Å². The molecule has 3 N–H and O–H groups in total. The van der Waals surface area contributed by atoms with Gasteiger partial charge in [0.25, 0.3) is 0 Å². The van der Waals surface area contributed by atoms with E-state index in [9.17, 15) is 12.8 Å². The third-order valence-corrected chi connectivity index (χ3v) is 7.29. The zero-order chi connectivity index (χ0) is 21.9. The molecule has 0 bridgehead atoms. The summed E-state index contributed by atoms with van der Waals surface area (Å²) in [5.74, 6) is -0.484. The first-order valence-electron chi connectivity index (χ1n) is 9.69. The summed E-state index contributed by atoms with van der Waals surface area (Å²) in [6.45, 7) is 5.00. The molecule has 1 aliphatic heterocycles. The van der Waals surface area contributed by atoms with Crippen molar-refractivity contribution < 1.29 is 12.8 Å². The lowest BCUT2D eigenvalue weighted by Gasteiger charge is -2.33. The van der Waals surface area contributed by atoms with E-state index in [2.05, 4.69) is 51.8 Å². The molecule has 3 rings (SSSR count). The fourth-order valence-electron chi connectivity index (χ4n) is 3.38. The summed E-state index contributed by atoms with van der Waals surface area (Å²) in [7, 11) is -3.77. The number of hydrogen-bond acceptors (Lipinski definition) is 4. The highest BCUT2D eigenvalue weighted by Crippen LogP contribution is 2.32. The van der Waals surface area contributed by atoms with Crippen LogP contribution in [0.3, 0.4) is 0 Å². The molecule has 6 nitrogen and oxygen atoms in total. The number of halogens is 3. The number of hydrogen-bond donors (Lipinski definition) is 3. The zero-order valence-electron chi connectivity index (χ0n) is 16.8. The molecule has 10 heteroatoms. The highest BCUT2D eigenvalue weighted by molar-refractivity contribution is 14.1. The van der Waals surface area contributed by atoms with E-state index in [1.807, 2.05) is 6.07 Å². The van der Waals surface area contributed by atoms with Gasteiger partial charge in [0.2, 0.25) is 0 Å². The predicted octanol–water partition coefficient (Wildman–Crippen LogP) is 4.95. The average molecular weight is 567 g/mol. The molecule has 0 radical (unpaired) electrons. The second kappa shape index (κ2) is 9.99. The lowest BCUT2D eigenvalue weighted by molar-refractivity contribution is 0.281. The maximum absolute atomic E-state index is 13.9. The molecule has 0 atom stereocenters. The van der Waals surface area contributed by atoms with Gasteiger partial charge in [0.1, 0.15) is 5.82 Å². The van der Waals surface area contributed by atoms with Crippen molar-refractivity contribution >= 4 is 61.5 Å². The van der Waals surface area contributed by atoms with Gasteiger partial charge in [-0.3, -0.25) is 4.72 Å². The third kappa shape index (κ3) is 6.19. The molecular weight excluding hydrogens is 542 g/mol. The minimum Gasteiger partial charge on any atom is -0.353 e. The number of piperidine rings is 1. The van der Waals surface area contributed by atoms with Crippen molar-refractivity contribution in [2.24, 2.45) is 0 Å². The fourth-order valence-corrected chi connectivity index (χ4v) is 5.56. The number of anilines is 3. The highest BCUT2D eigenvalue weighted by Gasteiger charge is 2.28. The molecule has 0 spiro atoms. The van der Waals surface area contributed by atoms with Crippen LogP contribution in [0.25, 0.3) is 0 Å². The summed E-state index contributed by atoms with van der Waals surface area (Å²) < 4.78 is 44.7. The average Bonchev–Trinajstić information content (AvgIpc) is 2.66. The largest absolute Gasteiger partial charge is 0.353 e. The second-order valence-corrected chi connectivity index (χ2v) is 10.9. The van der Waals surface area contributed by atoms with Gasteiger partial charge in [-0.2, -0.15) is 12.7 Å². The Labute approximate surface area is 195 Å². The topological polar surface area (TPSA) is 73.5 Å². The predicted molar refractivity (Wildman–Crippen MR) is 129 cm³/mol. The Morgan fingerprint density at radius 1 is 1.10 bits per heavy atom. The van der Waals surface area contributed by atoms with E-state index in [-0.39, 0.29) is 11.4 Å². The van der Waals surface area contributed by atoms with Crippen molar-refractivity contribution in [1.82, 2.24) is 9.62 Å². The van der Waals surface area contributed by atoms with Gasteiger partial charge < -0.3 is 10.6 Å². The van der Waals surface area contributed by atoms with Crippen LogP contribution in [-0.4, -0.2) is 37.9 Å². The first-order valence-corrected chi connectivity index (χ1v) is 12.6. The summed E-state index contributed by atoms with van der Waals surface area (Å²) in [5.41, 5.74) is 1.11. The Balaban J connectivity index is 1.76. The first-order chi connectivity index (χ1) is 14.1. The van der Waals surface area contributed by atoms with Crippen molar-refractivity contribution in [2.45, 2.75) is 38.8 Å². The maximum atomic E-state index is 13.9. The van der Waals surface area contributed by atoms with Crippen LogP contribution in [0, 0.1) is 9.39 Å². The lowest BCUT2D eigenvalue weighted by atomic mass is 10.1. The minimum absolute atomic E-state index is 0.258. The van der Waals surface area contributed by atoms with Crippen molar-refractivity contribution in [1.29, 1.82) is 0 Å². The molecule has 1 aliphatic rings. The number of nitrogens with one attached hydrogen (secondary N) is 3. The van der Waals surface area contributed by atoms with Gasteiger partial charge in [0.05, 0.1) is 22.1 Å². The highest BCUT2D eigenvalue weighted by atomic mass is 127. The Bertz CT molecular complexity index is 998. The van der Waals surface area contributed by atoms with Crippen LogP contribution in [0.4, 0.5) is 21.5 Å². The summed E-state index contributed by atoms with van der Waals surface area (Å²) in [5, 5.41) is 6.94. The summed E-state index contributed by atoms with van der Waals surface area (Å²) in [6.07, 6.45) is 1.48. The summed E-state index contributed by atoms with van der Waals surface area (Å²) in [4.78, 5) is 0. The Hall–Kier alpha value is -1.14. The van der Waals surface area contributed by atoms with Crippen LogP contribution in [0.5, 0.6) is 0 Å². The molecule has 164 valence electrons. The molecule has 0 amide bonds. The van der Waals surface area contributed by atoms with Crippen molar-refractivity contribution in [3.05, 3.63) is 50.8 Å². The van der Waals surface area contributed by atoms with Gasteiger partial charge in [0.15, 0.2) is 0 Å². The van der Waals surface area contributed by atoms with E-state index in [0.29, 0.717) is 35.9 Å². The monoisotopic (exact) mass is 566 g/mol. The molecule has 0 unspecified atom stereocenters. The number of rotatable bonds is 7. The quantitative estimate of drug-likeness (QED) is 0.415. The van der Waals surface area contributed by atoms with Gasteiger partial charge in [-0.25, -0.2) is 4.39 Å². The van der Waals surface area contributed by atoms with Crippen LogP contribution >= 0.6 is 34.2 Å². The Morgan fingerprint density at radius 2 is 1.77 bits per heavy atom. The molecular formula is C20H25ClFIN4O2S. The van der Waals surface area contributed by atoms with E-state index in [1.165, 1.54) is 22.5 Å². The molecule has 1 heterocycles. The van der Waals surface area contributed by atoms with Crippen molar-refractivity contribution in [2.75, 3.05) is 23.1 Å². The molecule has 0 aromatic heterocycles. The van der Waals surface area contributed by atoms with Gasteiger partial charge in [-0.15, -0.1) is 0 Å². The van der Waals surface area contributed by atoms with Crippen LogP contribution < -0.4 is 15.4 Å². The summed E-state index contributed by atoms with van der Waals surface area (Å²) in [6, 6.07) is 9.92. The van der Waals surface area contributed by atoms with Crippen molar-refractivity contribution in [3.63, 3.8) is 0 Å². The van der Waals surface area contributed by atoms with Gasteiger partial charge in [-0.05, 0) is 71.8 Å². The van der Waals surface area contributed by atoms with Gasteiger partial charge in [-0.1, -0.05) is 25.4 Å². The minimum atomic E-state index is -3.77. The Kier molecular flexibility index (Phi) is 7.83. The maximum Gasteiger partial charge on any atom is 0.301 e. The third-order valence-electron chi connectivity index (χ3n) is 4.78.